The van der Waals surface area contributed by atoms with Crippen LogP contribution in [-0.4, -0.2) is 47.8 Å². The van der Waals surface area contributed by atoms with Crippen LogP contribution in [0.25, 0.3) is 0 Å². The van der Waals surface area contributed by atoms with Crippen molar-refractivity contribution in [1.82, 2.24) is 9.80 Å². The van der Waals surface area contributed by atoms with Gasteiger partial charge >= 0.3 is 11.8 Å². The fourth-order valence-corrected chi connectivity index (χ4v) is 2.46. The maximum Gasteiger partial charge on any atom is 0.312 e. The minimum Gasteiger partial charge on any atom is -0.334 e. The number of rotatable bonds is 0. The monoisotopic (exact) mass is 224 g/mol. The van der Waals surface area contributed by atoms with Crippen molar-refractivity contribution in [1.29, 1.82) is 0 Å². The fourth-order valence-electron chi connectivity index (χ4n) is 2.46. The van der Waals surface area contributed by atoms with E-state index in [-0.39, 0.29) is 11.8 Å². The van der Waals surface area contributed by atoms with Gasteiger partial charge < -0.3 is 9.80 Å². The maximum atomic E-state index is 11.9. The molecule has 90 valence electrons. The molecule has 0 spiro atoms. The van der Waals surface area contributed by atoms with Crippen LogP contribution in [0, 0.1) is 0 Å². The topological polar surface area (TPSA) is 40.6 Å². The summed E-state index contributed by atoms with van der Waals surface area (Å²) in [5.74, 6) is -0.553. The Kier molecular flexibility index (Phi) is 3.80. The molecule has 0 aromatic rings. The first-order valence-electron chi connectivity index (χ1n) is 6.37. The van der Waals surface area contributed by atoms with Crippen molar-refractivity contribution in [2.24, 2.45) is 0 Å². The second kappa shape index (κ2) is 5.32. The lowest BCUT2D eigenvalue weighted by Crippen LogP contribution is -2.48. The Hall–Kier alpha value is -1.06. The van der Waals surface area contributed by atoms with E-state index < -0.39 is 0 Å². The lowest BCUT2D eigenvalue weighted by atomic mass is 10.1. The van der Waals surface area contributed by atoms with Crippen LogP contribution in [0.2, 0.25) is 0 Å². The molecule has 4 heteroatoms. The standard InChI is InChI=1S/C12H20N2O2/c15-11(13-7-3-1-4-8-13)12(16)14-9-5-2-6-10-14/h1-10H2. The molecule has 0 bridgehead atoms. The number of hydrogen-bond acceptors (Lipinski definition) is 2. The highest BCUT2D eigenvalue weighted by atomic mass is 16.2. The van der Waals surface area contributed by atoms with Crippen molar-refractivity contribution in [3.8, 4) is 0 Å². The summed E-state index contributed by atoms with van der Waals surface area (Å²) in [6.07, 6.45) is 6.53. The van der Waals surface area contributed by atoms with Crippen molar-refractivity contribution in [3.05, 3.63) is 0 Å². The van der Waals surface area contributed by atoms with Gasteiger partial charge in [-0.05, 0) is 38.5 Å². The Bertz CT molecular complexity index is 238. The molecule has 0 radical (unpaired) electrons. The summed E-state index contributed by atoms with van der Waals surface area (Å²) in [5, 5.41) is 0. The number of carbonyl (C=O) groups excluding carboxylic acids is 2. The third-order valence-corrected chi connectivity index (χ3v) is 3.47. The summed E-state index contributed by atoms with van der Waals surface area (Å²) in [7, 11) is 0. The average molecular weight is 224 g/mol. The van der Waals surface area contributed by atoms with Gasteiger partial charge in [0.15, 0.2) is 0 Å². The molecule has 4 nitrogen and oxygen atoms in total. The number of amides is 2. The Labute approximate surface area is 96.6 Å². The minimum absolute atomic E-state index is 0.276. The molecule has 0 unspecified atom stereocenters. The second-order valence-electron chi connectivity index (χ2n) is 4.71. The zero-order valence-corrected chi connectivity index (χ0v) is 9.78. The van der Waals surface area contributed by atoms with E-state index in [2.05, 4.69) is 0 Å². The summed E-state index contributed by atoms with van der Waals surface area (Å²) < 4.78 is 0. The van der Waals surface area contributed by atoms with Gasteiger partial charge in [0.25, 0.3) is 0 Å². The van der Waals surface area contributed by atoms with Gasteiger partial charge in [-0.25, -0.2) is 0 Å². The van der Waals surface area contributed by atoms with E-state index in [4.69, 9.17) is 0 Å². The van der Waals surface area contributed by atoms with E-state index in [9.17, 15) is 9.59 Å². The van der Waals surface area contributed by atoms with Crippen molar-refractivity contribution in [2.75, 3.05) is 26.2 Å². The van der Waals surface area contributed by atoms with E-state index in [0.29, 0.717) is 0 Å². The fraction of sp³-hybridized carbons (Fsp3) is 0.833. The van der Waals surface area contributed by atoms with Gasteiger partial charge in [0.2, 0.25) is 0 Å². The predicted octanol–water partition coefficient (Wildman–Crippen LogP) is 1.01. The highest BCUT2D eigenvalue weighted by molar-refractivity contribution is 6.34. The third kappa shape index (κ3) is 2.54. The summed E-state index contributed by atoms with van der Waals surface area (Å²) in [6.45, 7) is 3.05. The molecule has 16 heavy (non-hydrogen) atoms. The van der Waals surface area contributed by atoms with Gasteiger partial charge in [0.05, 0.1) is 0 Å². The van der Waals surface area contributed by atoms with Gasteiger partial charge in [0, 0.05) is 26.2 Å². The van der Waals surface area contributed by atoms with Crippen LogP contribution < -0.4 is 0 Å². The third-order valence-electron chi connectivity index (χ3n) is 3.47. The Morgan fingerprint density at radius 1 is 0.562 bits per heavy atom. The molecule has 0 aliphatic carbocycles. The van der Waals surface area contributed by atoms with Crippen molar-refractivity contribution in [3.63, 3.8) is 0 Å². The molecule has 2 aliphatic rings. The van der Waals surface area contributed by atoms with E-state index >= 15 is 0 Å². The van der Waals surface area contributed by atoms with Gasteiger partial charge in [-0.1, -0.05) is 0 Å². The zero-order valence-electron chi connectivity index (χ0n) is 9.78. The van der Waals surface area contributed by atoms with Crippen molar-refractivity contribution in [2.45, 2.75) is 38.5 Å². The molecule has 2 fully saturated rings. The SMILES string of the molecule is O=C(C(=O)N1CCCCC1)N1CCCCC1. The Balaban J connectivity index is 1.89. The molecule has 2 heterocycles. The van der Waals surface area contributed by atoms with E-state index in [1.807, 2.05) is 0 Å². The highest BCUT2D eigenvalue weighted by Crippen LogP contribution is 2.12. The first kappa shape index (κ1) is 11.4. The van der Waals surface area contributed by atoms with Crippen molar-refractivity contribution >= 4 is 11.8 Å². The summed E-state index contributed by atoms with van der Waals surface area (Å²) in [4.78, 5) is 27.3. The highest BCUT2D eigenvalue weighted by Gasteiger charge is 2.28. The van der Waals surface area contributed by atoms with Crippen LogP contribution in [0.4, 0.5) is 0 Å². The van der Waals surface area contributed by atoms with Gasteiger partial charge in [-0.15, -0.1) is 0 Å². The molecule has 2 amide bonds. The average Bonchev–Trinajstić information content (AvgIpc) is 2.39. The first-order valence-corrected chi connectivity index (χ1v) is 6.37. The van der Waals surface area contributed by atoms with Crippen LogP contribution in [-0.2, 0) is 9.59 Å². The Morgan fingerprint density at radius 2 is 0.875 bits per heavy atom. The number of carbonyl (C=O) groups is 2. The van der Waals surface area contributed by atoms with Crippen LogP contribution in [0.15, 0.2) is 0 Å². The summed E-state index contributed by atoms with van der Waals surface area (Å²) >= 11 is 0. The second-order valence-corrected chi connectivity index (χ2v) is 4.71. The maximum absolute atomic E-state index is 11.9. The molecule has 0 aromatic carbocycles. The normalized spacial score (nSPS) is 22.0. The predicted molar refractivity (Wildman–Crippen MR) is 60.9 cm³/mol. The number of piperidine rings is 2. The van der Waals surface area contributed by atoms with Gasteiger partial charge in [-0.3, -0.25) is 9.59 Å². The van der Waals surface area contributed by atoms with Crippen LogP contribution >= 0.6 is 0 Å². The van der Waals surface area contributed by atoms with Crippen LogP contribution in [0.5, 0.6) is 0 Å². The largest absolute Gasteiger partial charge is 0.334 e. The molecular formula is C12H20N2O2. The van der Waals surface area contributed by atoms with Gasteiger partial charge in [-0.2, -0.15) is 0 Å². The smallest absolute Gasteiger partial charge is 0.312 e. The minimum atomic E-state index is -0.276. The quantitative estimate of drug-likeness (QED) is 0.576. The summed E-state index contributed by atoms with van der Waals surface area (Å²) in [6, 6.07) is 0. The molecule has 0 aromatic heterocycles. The molecule has 2 saturated heterocycles. The molecule has 0 atom stereocenters. The van der Waals surface area contributed by atoms with E-state index in [0.717, 1.165) is 51.9 Å². The Morgan fingerprint density at radius 3 is 1.19 bits per heavy atom. The summed E-state index contributed by atoms with van der Waals surface area (Å²) in [5.41, 5.74) is 0. The zero-order chi connectivity index (χ0) is 11.4. The molecule has 0 N–H and O–H groups in total. The first-order chi connectivity index (χ1) is 7.79. The molecular weight excluding hydrogens is 204 g/mol. The number of nitrogens with zero attached hydrogens (tertiary/aromatic N) is 2. The number of hydrogen-bond donors (Lipinski definition) is 0. The van der Waals surface area contributed by atoms with Gasteiger partial charge in [0.1, 0.15) is 0 Å². The molecule has 2 rings (SSSR count). The van der Waals surface area contributed by atoms with Crippen LogP contribution in [0.3, 0.4) is 0 Å². The van der Waals surface area contributed by atoms with E-state index in [1.165, 1.54) is 12.8 Å². The lowest BCUT2D eigenvalue weighted by molar-refractivity contribution is -0.152. The van der Waals surface area contributed by atoms with Crippen LogP contribution in [0.1, 0.15) is 38.5 Å². The number of likely N-dealkylation sites (tertiary alicyclic amines) is 2. The van der Waals surface area contributed by atoms with E-state index in [1.54, 1.807) is 9.80 Å². The molecule has 0 saturated carbocycles. The van der Waals surface area contributed by atoms with Crippen molar-refractivity contribution < 1.29 is 9.59 Å². The lowest BCUT2D eigenvalue weighted by Gasteiger charge is -2.31. The molecule has 2 aliphatic heterocycles.